The van der Waals surface area contributed by atoms with E-state index in [-0.39, 0.29) is 11.9 Å². The first-order valence-corrected chi connectivity index (χ1v) is 10.6. The first-order chi connectivity index (χ1) is 14.0. The Hall–Kier alpha value is -2.28. The highest BCUT2D eigenvalue weighted by Crippen LogP contribution is 2.22. The number of nitrogens with one attached hydrogen (secondary N) is 3. The summed E-state index contributed by atoms with van der Waals surface area (Å²) in [4.78, 5) is 16.1. The molecule has 1 saturated heterocycles. The number of aliphatic imine (C=N–C) groups is 1. The molecule has 29 heavy (non-hydrogen) atoms. The summed E-state index contributed by atoms with van der Waals surface area (Å²) < 4.78 is 11.5. The van der Waals surface area contributed by atoms with Crippen molar-refractivity contribution in [3.63, 3.8) is 0 Å². The molecule has 7 heteroatoms. The highest BCUT2D eigenvalue weighted by molar-refractivity contribution is 5.81. The first-order valence-electron chi connectivity index (χ1n) is 10.6. The Morgan fingerprint density at radius 1 is 1.38 bits per heavy atom. The van der Waals surface area contributed by atoms with Crippen molar-refractivity contribution in [1.82, 2.24) is 16.0 Å². The van der Waals surface area contributed by atoms with Gasteiger partial charge in [-0.15, -0.1) is 0 Å². The average molecular weight is 405 g/mol. The molecule has 7 nitrogen and oxygen atoms in total. The molecule has 3 N–H and O–H groups in total. The van der Waals surface area contributed by atoms with Gasteiger partial charge in [-0.1, -0.05) is 19.1 Å². The van der Waals surface area contributed by atoms with Crippen LogP contribution < -0.4 is 20.7 Å². The van der Waals surface area contributed by atoms with Gasteiger partial charge < -0.3 is 25.4 Å². The number of guanidine groups is 1. The number of hydrogen-bond acceptors (Lipinski definition) is 4. The van der Waals surface area contributed by atoms with Gasteiger partial charge in [-0.2, -0.15) is 0 Å². The molecule has 2 atom stereocenters. The normalized spacial score (nSPS) is 17.7. The van der Waals surface area contributed by atoms with E-state index in [1.165, 1.54) is 5.56 Å². The van der Waals surface area contributed by atoms with Crippen LogP contribution in [0, 0.1) is 12.8 Å². The zero-order valence-corrected chi connectivity index (χ0v) is 18.2. The van der Waals surface area contributed by atoms with Crippen LogP contribution in [0.15, 0.2) is 23.2 Å². The van der Waals surface area contributed by atoms with E-state index in [2.05, 4.69) is 53.0 Å². The smallest absolute Gasteiger partial charge is 0.221 e. The van der Waals surface area contributed by atoms with E-state index in [0.29, 0.717) is 38.0 Å². The predicted octanol–water partition coefficient (Wildman–Crippen LogP) is 2.38. The molecular formula is C22H36N4O3. The topological polar surface area (TPSA) is 84.0 Å². The number of benzene rings is 1. The standard InChI is InChI=1S/C22H36N4O3/c1-5-17(3)26-21(27)8-10-24-22(23-4)25-13-19-7-6-16(2)12-20(19)29-15-18-9-11-28-14-18/h6-7,12,17-18H,5,8-11,13-15H2,1-4H3,(H,26,27)(H2,23,24,25). The van der Waals surface area contributed by atoms with Gasteiger partial charge in [0.25, 0.3) is 0 Å². The van der Waals surface area contributed by atoms with Crippen LogP contribution in [0.5, 0.6) is 5.75 Å². The molecule has 0 aliphatic carbocycles. The van der Waals surface area contributed by atoms with Crippen molar-refractivity contribution in [2.24, 2.45) is 10.9 Å². The SMILES string of the molecule is CCC(C)NC(=O)CCNC(=NC)NCc1ccc(C)cc1OCC1CCOC1. The molecule has 0 radical (unpaired) electrons. The molecule has 1 fully saturated rings. The Kier molecular flexibility index (Phi) is 9.77. The summed E-state index contributed by atoms with van der Waals surface area (Å²) in [6, 6.07) is 6.44. The Morgan fingerprint density at radius 3 is 2.90 bits per heavy atom. The number of carbonyl (C=O) groups is 1. The maximum atomic E-state index is 11.9. The Labute approximate surface area is 174 Å². The van der Waals surface area contributed by atoms with E-state index in [1.54, 1.807) is 7.05 Å². The van der Waals surface area contributed by atoms with Gasteiger partial charge >= 0.3 is 0 Å². The minimum Gasteiger partial charge on any atom is -0.493 e. The maximum absolute atomic E-state index is 11.9. The molecule has 0 saturated carbocycles. The molecule has 1 amide bonds. The molecule has 0 bridgehead atoms. The van der Waals surface area contributed by atoms with Crippen LogP contribution >= 0.6 is 0 Å². The fourth-order valence-electron chi connectivity index (χ4n) is 3.01. The lowest BCUT2D eigenvalue weighted by molar-refractivity contribution is -0.121. The number of ether oxygens (including phenoxy) is 2. The summed E-state index contributed by atoms with van der Waals surface area (Å²) in [6.45, 7) is 9.53. The first kappa shape index (κ1) is 23.0. The number of hydrogen-bond donors (Lipinski definition) is 3. The lowest BCUT2D eigenvalue weighted by atomic mass is 10.1. The van der Waals surface area contributed by atoms with Crippen molar-refractivity contribution < 1.29 is 14.3 Å². The van der Waals surface area contributed by atoms with Crippen LogP contribution in [0.3, 0.4) is 0 Å². The van der Waals surface area contributed by atoms with Crippen LogP contribution in [-0.2, 0) is 16.1 Å². The molecule has 1 aliphatic heterocycles. The molecule has 2 rings (SSSR count). The lowest BCUT2D eigenvalue weighted by Gasteiger charge is -2.17. The van der Waals surface area contributed by atoms with Crippen molar-refractivity contribution in [2.75, 3.05) is 33.4 Å². The van der Waals surface area contributed by atoms with Gasteiger partial charge in [0.05, 0.1) is 13.2 Å². The summed E-state index contributed by atoms with van der Waals surface area (Å²) in [7, 11) is 1.72. The van der Waals surface area contributed by atoms with E-state index in [9.17, 15) is 4.79 Å². The van der Waals surface area contributed by atoms with Crippen LogP contribution in [0.1, 0.15) is 44.2 Å². The molecule has 1 aromatic rings. The quantitative estimate of drug-likeness (QED) is 0.412. The predicted molar refractivity (Wildman–Crippen MR) is 116 cm³/mol. The fraction of sp³-hybridized carbons (Fsp3) is 0.636. The number of carbonyl (C=O) groups excluding carboxylic acids is 1. The second-order valence-electron chi connectivity index (χ2n) is 7.63. The summed E-state index contributed by atoms with van der Waals surface area (Å²) in [6.07, 6.45) is 2.39. The van der Waals surface area contributed by atoms with Crippen molar-refractivity contribution in [1.29, 1.82) is 0 Å². The Morgan fingerprint density at radius 2 is 2.21 bits per heavy atom. The van der Waals surface area contributed by atoms with E-state index in [4.69, 9.17) is 9.47 Å². The summed E-state index contributed by atoms with van der Waals surface area (Å²) in [5, 5.41) is 9.46. The zero-order valence-electron chi connectivity index (χ0n) is 18.2. The van der Waals surface area contributed by atoms with Crippen LogP contribution in [0.2, 0.25) is 0 Å². The minimum atomic E-state index is 0.0485. The second-order valence-corrected chi connectivity index (χ2v) is 7.63. The second kappa shape index (κ2) is 12.3. The monoisotopic (exact) mass is 404 g/mol. The molecule has 0 aromatic heterocycles. The van der Waals surface area contributed by atoms with Crippen molar-refractivity contribution in [3.8, 4) is 5.75 Å². The summed E-state index contributed by atoms with van der Waals surface area (Å²) in [5.41, 5.74) is 2.24. The highest BCUT2D eigenvalue weighted by atomic mass is 16.5. The van der Waals surface area contributed by atoms with Crippen molar-refractivity contribution in [2.45, 2.75) is 52.6 Å². The molecule has 1 aliphatic rings. The van der Waals surface area contributed by atoms with Gasteiger partial charge in [0.15, 0.2) is 5.96 Å². The number of aryl methyl sites for hydroxylation is 1. The van der Waals surface area contributed by atoms with E-state index in [1.807, 2.05) is 6.92 Å². The molecule has 1 heterocycles. The van der Waals surface area contributed by atoms with Gasteiger partial charge in [0.2, 0.25) is 5.91 Å². The number of nitrogens with zero attached hydrogens (tertiary/aromatic N) is 1. The average Bonchev–Trinajstić information content (AvgIpc) is 3.23. The van der Waals surface area contributed by atoms with Gasteiger partial charge in [-0.05, 0) is 38.3 Å². The van der Waals surface area contributed by atoms with Crippen LogP contribution in [0.25, 0.3) is 0 Å². The van der Waals surface area contributed by atoms with Crippen LogP contribution in [-0.4, -0.2) is 51.3 Å². The van der Waals surface area contributed by atoms with E-state index >= 15 is 0 Å². The van der Waals surface area contributed by atoms with Crippen LogP contribution in [0.4, 0.5) is 0 Å². The molecule has 162 valence electrons. The highest BCUT2D eigenvalue weighted by Gasteiger charge is 2.17. The zero-order chi connectivity index (χ0) is 21.1. The third kappa shape index (κ3) is 8.31. The molecule has 2 unspecified atom stereocenters. The molecule has 0 spiro atoms. The van der Waals surface area contributed by atoms with Gasteiger partial charge in [0, 0.05) is 50.7 Å². The largest absolute Gasteiger partial charge is 0.493 e. The van der Waals surface area contributed by atoms with Crippen molar-refractivity contribution >= 4 is 11.9 Å². The summed E-state index contributed by atoms with van der Waals surface area (Å²) >= 11 is 0. The maximum Gasteiger partial charge on any atom is 0.221 e. The van der Waals surface area contributed by atoms with Crippen molar-refractivity contribution in [3.05, 3.63) is 29.3 Å². The fourth-order valence-corrected chi connectivity index (χ4v) is 3.01. The lowest BCUT2D eigenvalue weighted by Crippen LogP contribution is -2.40. The Bertz CT molecular complexity index is 672. The summed E-state index contributed by atoms with van der Waals surface area (Å²) in [5.74, 6) is 2.07. The molecule has 1 aromatic carbocycles. The third-order valence-corrected chi connectivity index (χ3v) is 5.06. The Balaban J connectivity index is 1.81. The van der Waals surface area contributed by atoms with Gasteiger partial charge in [-0.25, -0.2) is 0 Å². The van der Waals surface area contributed by atoms with E-state index in [0.717, 1.165) is 37.4 Å². The number of amides is 1. The number of rotatable bonds is 10. The third-order valence-electron chi connectivity index (χ3n) is 5.06. The molecular weight excluding hydrogens is 368 g/mol. The van der Waals surface area contributed by atoms with Gasteiger partial charge in [0.1, 0.15) is 5.75 Å². The van der Waals surface area contributed by atoms with Gasteiger partial charge in [-0.3, -0.25) is 9.79 Å². The minimum absolute atomic E-state index is 0.0485. The van der Waals surface area contributed by atoms with E-state index < -0.39 is 0 Å².